The van der Waals surface area contributed by atoms with Crippen molar-refractivity contribution < 1.29 is 8.78 Å². The van der Waals surface area contributed by atoms with Crippen LogP contribution in [-0.4, -0.2) is 4.98 Å². The Morgan fingerprint density at radius 1 is 1.06 bits per heavy atom. The zero-order chi connectivity index (χ0) is 12.0. The zero-order valence-corrected chi connectivity index (χ0v) is 9.82. The van der Waals surface area contributed by atoms with Gasteiger partial charge in [-0.05, 0) is 43.4 Å². The van der Waals surface area contributed by atoms with Crippen molar-refractivity contribution in [2.75, 3.05) is 0 Å². The normalized spacial score (nSPS) is 15.0. The van der Waals surface area contributed by atoms with Gasteiger partial charge in [-0.2, -0.15) is 0 Å². The average molecular weight is 254 g/mol. The standard InChI is InChI=1S/C13H10ClF2N/c14-12-7-3-1-2-4-10(7)17-13-9(16)6-5-8(15)11(12)13/h5-6H,1-4H2. The first kappa shape index (κ1) is 10.9. The second kappa shape index (κ2) is 3.91. The first-order valence-corrected chi connectivity index (χ1v) is 6.01. The highest BCUT2D eigenvalue weighted by Gasteiger charge is 2.20. The summed E-state index contributed by atoms with van der Waals surface area (Å²) in [7, 11) is 0. The number of benzene rings is 1. The summed E-state index contributed by atoms with van der Waals surface area (Å²) in [6.45, 7) is 0. The molecule has 0 amide bonds. The fraction of sp³-hybridized carbons (Fsp3) is 0.308. The molecule has 0 spiro atoms. The molecule has 1 heterocycles. The number of hydrogen-bond donors (Lipinski definition) is 0. The van der Waals surface area contributed by atoms with Crippen molar-refractivity contribution in [1.29, 1.82) is 0 Å². The van der Waals surface area contributed by atoms with Gasteiger partial charge in [0.2, 0.25) is 0 Å². The minimum Gasteiger partial charge on any atom is -0.249 e. The van der Waals surface area contributed by atoms with Crippen molar-refractivity contribution in [1.82, 2.24) is 4.98 Å². The van der Waals surface area contributed by atoms with Gasteiger partial charge in [-0.25, -0.2) is 13.8 Å². The molecule has 3 rings (SSSR count). The van der Waals surface area contributed by atoms with Gasteiger partial charge >= 0.3 is 0 Å². The molecule has 0 radical (unpaired) electrons. The molecule has 0 N–H and O–H groups in total. The Morgan fingerprint density at radius 3 is 2.59 bits per heavy atom. The second-order valence-electron chi connectivity index (χ2n) is 4.31. The minimum atomic E-state index is -0.517. The van der Waals surface area contributed by atoms with Crippen LogP contribution in [0.3, 0.4) is 0 Å². The summed E-state index contributed by atoms with van der Waals surface area (Å²) in [5, 5.41) is 0.453. The maximum absolute atomic E-state index is 13.7. The van der Waals surface area contributed by atoms with E-state index in [1.54, 1.807) is 0 Å². The number of aromatic nitrogens is 1. The van der Waals surface area contributed by atoms with Crippen LogP contribution in [0.15, 0.2) is 12.1 Å². The number of rotatable bonds is 0. The van der Waals surface area contributed by atoms with E-state index in [0.29, 0.717) is 5.02 Å². The Hall–Kier alpha value is -1.22. The average Bonchev–Trinajstić information content (AvgIpc) is 2.34. The molecule has 0 unspecified atom stereocenters. The fourth-order valence-electron chi connectivity index (χ4n) is 2.39. The van der Waals surface area contributed by atoms with Gasteiger partial charge in [-0.3, -0.25) is 0 Å². The van der Waals surface area contributed by atoms with E-state index in [9.17, 15) is 8.78 Å². The number of nitrogens with zero attached hydrogens (tertiary/aromatic N) is 1. The van der Waals surface area contributed by atoms with Crippen LogP contribution < -0.4 is 0 Å². The van der Waals surface area contributed by atoms with Gasteiger partial charge in [0.25, 0.3) is 0 Å². The lowest BCUT2D eigenvalue weighted by molar-refractivity contribution is 0.611. The van der Waals surface area contributed by atoms with Crippen molar-refractivity contribution in [3.8, 4) is 0 Å². The van der Waals surface area contributed by atoms with Gasteiger partial charge in [0.15, 0.2) is 0 Å². The van der Waals surface area contributed by atoms with E-state index in [4.69, 9.17) is 11.6 Å². The van der Waals surface area contributed by atoms with Crippen LogP contribution in [0.1, 0.15) is 24.1 Å². The summed E-state index contributed by atoms with van der Waals surface area (Å²) in [6.07, 6.45) is 3.64. The summed E-state index contributed by atoms with van der Waals surface area (Å²) >= 11 is 6.19. The molecule has 88 valence electrons. The summed E-state index contributed by atoms with van der Waals surface area (Å²) in [6, 6.07) is 2.19. The molecule has 0 fully saturated rings. The third-order valence-electron chi connectivity index (χ3n) is 3.25. The predicted molar refractivity (Wildman–Crippen MR) is 63.3 cm³/mol. The Kier molecular flexibility index (Phi) is 2.51. The lowest BCUT2D eigenvalue weighted by atomic mass is 9.94. The molecule has 1 aliphatic rings. The highest BCUT2D eigenvalue weighted by molar-refractivity contribution is 6.36. The fourth-order valence-corrected chi connectivity index (χ4v) is 2.78. The maximum Gasteiger partial charge on any atom is 0.149 e. The van der Waals surface area contributed by atoms with Crippen LogP contribution in [0, 0.1) is 11.6 Å². The van der Waals surface area contributed by atoms with E-state index >= 15 is 0 Å². The molecule has 1 nitrogen and oxygen atoms in total. The van der Waals surface area contributed by atoms with Crippen molar-refractivity contribution in [2.24, 2.45) is 0 Å². The van der Waals surface area contributed by atoms with E-state index in [0.717, 1.165) is 49.1 Å². The first-order chi connectivity index (χ1) is 8.18. The molecule has 0 saturated carbocycles. The molecular weight excluding hydrogens is 244 g/mol. The monoisotopic (exact) mass is 253 g/mol. The Balaban J connectivity index is 2.44. The second-order valence-corrected chi connectivity index (χ2v) is 4.69. The van der Waals surface area contributed by atoms with Gasteiger partial charge in [-0.1, -0.05) is 11.6 Å². The van der Waals surface area contributed by atoms with Crippen molar-refractivity contribution in [3.63, 3.8) is 0 Å². The third-order valence-corrected chi connectivity index (χ3v) is 3.66. The van der Waals surface area contributed by atoms with Gasteiger partial charge in [0, 0.05) is 5.69 Å². The van der Waals surface area contributed by atoms with Crippen LogP contribution in [0.2, 0.25) is 5.02 Å². The molecule has 0 aliphatic heterocycles. The molecule has 1 aliphatic carbocycles. The van der Waals surface area contributed by atoms with Crippen LogP contribution in [-0.2, 0) is 12.8 Å². The van der Waals surface area contributed by atoms with Gasteiger partial charge in [0.1, 0.15) is 17.2 Å². The molecule has 2 aromatic rings. The van der Waals surface area contributed by atoms with Crippen molar-refractivity contribution in [3.05, 3.63) is 40.0 Å². The lowest BCUT2D eigenvalue weighted by Crippen LogP contribution is -2.07. The third kappa shape index (κ3) is 1.61. The molecule has 17 heavy (non-hydrogen) atoms. The van der Waals surface area contributed by atoms with Crippen LogP contribution in [0.5, 0.6) is 0 Å². The molecule has 4 heteroatoms. The van der Waals surface area contributed by atoms with E-state index in [1.807, 2.05) is 0 Å². The van der Waals surface area contributed by atoms with Crippen LogP contribution in [0.4, 0.5) is 8.78 Å². The smallest absolute Gasteiger partial charge is 0.149 e. The van der Waals surface area contributed by atoms with Crippen LogP contribution >= 0.6 is 11.6 Å². The highest BCUT2D eigenvalue weighted by Crippen LogP contribution is 2.34. The molecule has 1 aromatic heterocycles. The number of halogens is 3. The Labute approximate surface area is 102 Å². The van der Waals surface area contributed by atoms with Crippen molar-refractivity contribution >= 4 is 22.5 Å². The Morgan fingerprint density at radius 2 is 1.76 bits per heavy atom. The maximum atomic E-state index is 13.7. The largest absolute Gasteiger partial charge is 0.249 e. The lowest BCUT2D eigenvalue weighted by Gasteiger charge is -2.18. The molecule has 1 aromatic carbocycles. The first-order valence-electron chi connectivity index (χ1n) is 5.63. The van der Waals surface area contributed by atoms with Gasteiger partial charge < -0.3 is 0 Å². The number of pyridine rings is 1. The quantitative estimate of drug-likeness (QED) is 0.690. The molecule has 0 atom stereocenters. The molecular formula is C13H10ClF2N. The summed E-state index contributed by atoms with van der Waals surface area (Å²) in [4.78, 5) is 4.24. The van der Waals surface area contributed by atoms with E-state index in [2.05, 4.69) is 4.98 Å². The highest BCUT2D eigenvalue weighted by atomic mass is 35.5. The number of fused-ring (bicyclic) bond motifs is 2. The van der Waals surface area contributed by atoms with Gasteiger partial charge in [0.05, 0.1) is 10.4 Å². The molecule has 0 saturated heterocycles. The predicted octanol–water partition coefficient (Wildman–Crippen LogP) is 4.05. The SMILES string of the molecule is Fc1ccc(F)c2c(Cl)c3c(nc12)CCCC3. The van der Waals surface area contributed by atoms with Crippen molar-refractivity contribution in [2.45, 2.75) is 25.7 Å². The summed E-state index contributed by atoms with van der Waals surface area (Å²) < 4.78 is 27.3. The topological polar surface area (TPSA) is 12.9 Å². The van der Waals surface area contributed by atoms with Gasteiger partial charge in [-0.15, -0.1) is 0 Å². The molecule has 0 bridgehead atoms. The van der Waals surface area contributed by atoms with E-state index in [1.165, 1.54) is 0 Å². The number of aryl methyl sites for hydroxylation is 1. The van der Waals surface area contributed by atoms with E-state index < -0.39 is 11.6 Å². The summed E-state index contributed by atoms with van der Waals surface area (Å²) in [5.74, 6) is -1.02. The summed E-state index contributed by atoms with van der Waals surface area (Å²) in [5.41, 5.74) is 1.75. The van der Waals surface area contributed by atoms with E-state index in [-0.39, 0.29) is 10.9 Å². The minimum absolute atomic E-state index is 0.0515. The van der Waals surface area contributed by atoms with Crippen LogP contribution in [0.25, 0.3) is 10.9 Å². The zero-order valence-electron chi connectivity index (χ0n) is 9.06. The number of hydrogen-bond acceptors (Lipinski definition) is 1. The Bertz CT molecular complexity index is 610.